The summed E-state index contributed by atoms with van der Waals surface area (Å²) in [5.74, 6) is 1.49. The first-order valence-electron chi connectivity index (χ1n) is 17.5. The van der Waals surface area contributed by atoms with Gasteiger partial charge in [-0.1, -0.05) is 48.5 Å². The van der Waals surface area contributed by atoms with E-state index < -0.39 is 11.7 Å². The van der Waals surface area contributed by atoms with Crippen LogP contribution in [0.1, 0.15) is 30.5 Å². The number of hydrogen-bond acceptors (Lipinski definition) is 10. The lowest BCUT2D eigenvalue weighted by molar-refractivity contribution is -0.134. The number of nitrogens with zero attached hydrogens (tertiary/aromatic N) is 4. The van der Waals surface area contributed by atoms with Gasteiger partial charge in [-0.15, -0.1) is 0 Å². The van der Waals surface area contributed by atoms with E-state index in [-0.39, 0.29) is 12.5 Å². The quantitative estimate of drug-likeness (QED) is 0.112. The Morgan fingerprint density at radius 2 is 1.60 bits per heavy atom. The van der Waals surface area contributed by atoms with Crippen LogP contribution in [0.25, 0.3) is 10.9 Å². The smallest absolute Gasteiger partial charge is 0.414 e. The summed E-state index contributed by atoms with van der Waals surface area (Å²) in [4.78, 5) is 36.0. The molecule has 2 amide bonds. The Hall–Kier alpha value is -7.13. The molecule has 12 nitrogen and oxygen atoms in total. The van der Waals surface area contributed by atoms with Crippen LogP contribution in [-0.2, 0) is 22.6 Å². The Kier molecular flexibility index (Phi) is 11.7. The molecule has 0 aliphatic rings. The van der Waals surface area contributed by atoms with Crippen molar-refractivity contribution in [3.63, 3.8) is 0 Å². The van der Waals surface area contributed by atoms with Gasteiger partial charge in [-0.25, -0.2) is 4.79 Å². The van der Waals surface area contributed by atoms with Crippen LogP contribution in [0.3, 0.4) is 0 Å². The van der Waals surface area contributed by atoms with Crippen molar-refractivity contribution in [1.82, 2.24) is 15.3 Å². The minimum atomic E-state index is -1.18. The molecule has 2 heterocycles. The van der Waals surface area contributed by atoms with Crippen LogP contribution in [-0.4, -0.2) is 48.3 Å². The fourth-order valence-electron chi connectivity index (χ4n) is 5.66. The number of rotatable bonds is 14. The molecule has 6 rings (SSSR count). The molecule has 12 heteroatoms. The maximum Gasteiger partial charge on any atom is 0.414 e. The van der Waals surface area contributed by atoms with E-state index in [4.69, 9.17) is 18.9 Å². The number of aromatic nitrogens is 2. The van der Waals surface area contributed by atoms with Gasteiger partial charge in [0.2, 0.25) is 0 Å². The summed E-state index contributed by atoms with van der Waals surface area (Å²) in [6.07, 6.45) is 5.05. The van der Waals surface area contributed by atoms with Gasteiger partial charge in [0.05, 0.1) is 29.6 Å². The molecule has 55 heavy (non-hydrogen) atoms. The number of nitrogens with one attached hydrogen (secondary N) is 2. The van der Waals surface area contributed by atoms with Crippen LogP contribution >= 0.6 is 0 Å². The van der Waals surface area contributed by atoms with Gasteiger partial charge in [-0.05, 0) is 86.0 Å². The number of amides is 2. The number of pyridine rings is 2. The minimum absolute atomic E-state index is 0.118. The number of methoxy groups -OCH3 is 1. The molecule has 6 aromatic rings. The average molecular weight is 737 g/mol. The Morgan fingerprint density at radius 3 is 2.31 bits per heavy atom. The van der Waals surface area contributed by atoms with Gasteiger partial charge in [0.1, 0.15) is 24.2 Å². The maximum absolute atomic E-state index is 13.1. The van der Waals surface area contributed by atoms with Crippen molar-refractivity contribution < 1.29 is 28.5 Å². The fourth-order valence-corrected chi connectivity index (χ4v) is 5.66. The van der Waals surface area contributed by atoms with Crippen molar-refractivity contribution in [3.05, 3.63) is 138 Å². The Bertz CT molecular complexity index is 2310. The van der Waals surface area contributed by atoms with Gasteiger partial charge in [0, 0.05) is 43.3 Å². The highest BCUT2D eigenvalue weighted by Gasteiger charge is 2.31. The second-order valence-electron chi connectivity index (χ2n) is 13.0. The van der Waals surface area contributed by atoms with Gasteiger partial charge in [0.15, 0.2) is 17.1 Å². The summed E-state index contributed by atoms with van der Waals surface area (Å²) < 4.78 is 23.6. The molecule has 2 aromatic heterocycles. The molecule has 0 saturated heterocycles. The number of carbonyl (C=O) groups is 2. The third-order valence-electron chi connectivity index (χ3n) is 8.66. The predicted molar refractivity (Wildman–Crippen MR) is 210 cm³/mol. The highest BCUT2D eigenvalue weighted by molar-refractivity contribution is 6.01. The van der Waals surface area contributed by atoms with Gasteiger partial charge >= 0.3 is 6.09 Å². The highest BCUT2D eigenvalue weighted by Crippen LogP contribution is 2.38. The SMILES string of the molecule is COc1cc2c(Nc3ccc(Oc4ccccc4OC(C)(C)C(=O)NCCc4cccnc4)cc3)c(C#N)cnc2cc1N(C)C(=O)OCc1ccccc1. The van der Waals surface area contributed by atoms with Crippen LogP contribution < -0.4 is 29.7 Å². The summed E-state index contributed by atoms with van der Waals surface area (Å²) >= 11 is 0. The van der Waals surface area contributed by atoms with Gasteiger partial charge in [0.25, 0.3) is 5.91 Å². The Balaban J connectivity index is 1.15. The largest absolute Gasteiger partial charge is 0.495 e. The van der Waals surface area contributed by atoms with Crippen molar-refractivity contribution in [2.45, 2.75) is 32.5 Å². The lowest BCUT2D eigenvalue weighted by atomic mass is 10.1. The molecule has 0 spiro atoms. The van der Waals surface area contributed by atoms with Gasteiger partial charge < -0.3 is 29.6 Å². The Morgan fingerprint density at radius 1 is 0.873 bits per heavy atom. The molecular formula is C43H40N6O6. The second kappa shape index (κ2) is 17.1. The zero-order valence-corrected chi connectivity index (χ0v) is 30.9. The van der Waals surface area contributed by atoms with Crippen molar-refractivity contribution in [2.75, 3.05) is 30.9 Å². The van der Waals surface area contributed by atoms with Crippen molar-refractivity contribution in [2.24, 2.45) is 0 Å². The van der Waals surface area contributed by atoms with Crippen LogP contribution in [0.2, 0.25) is 0 Å². The van der Waals surface area contributed by atoms with Gasteiger partial charge in [-0.3, -0.25) is 19.7 Å². The van der Waals surface area contributed by atoms with Crippen molar-refractivity contribution in [1.29, 1.82) is 5.26 Å². The molecule has 0 saturated carbocycles. The van der Waals surface area contributed by atoms with Crippen LogP contribution in [0.5, 0.6) is 23.0 Å². The molecule has 2 N–H and O–H groups in total. The molecule has 278 valence electrons. The second-order valence-corrected chi connectivity index (χ2v) is 13.0. The molecule has 0 fully saturated rings. The lowest BCUT2D eigenvalue weighted by Gasteiger charge is -2.26. The zero-order chi connectivity index (χ0) is 38.8. The van der Waals surface area contributed by atoms with E-state index in [1.54, 1.807) is 69.7 Å². The molecule has 0 aliphatic heterocycles. The van der Waals surface area contributed by atoms with Crippen LogP contribution in [0.15, 0.2) is 122 Å². The molecule has 0 atom stereocenters. The van der Waals surface area contributed by atoms with Crippen molar-refractivity contribution in [3.8, 4) is 29.1 Å². The summed E-state index contributed by atoms with van der Waals surface area (Å²) in [5.41, 5.74) is 3.19. The first kappa shape index (κ1) is 37.6. The normalized spacial score (nSPS) is 10.9. The molecule has 0 bridgehead atoms. The summed E-state index contributed by atoms with van der Waals surface area (Å²) in [6.45, 7) is 3.97. The highest BCUT2D eigenvalue weighted by atomic mass is 16.6. The van der Waals surface area contributed by atoms with E-state index in [2.05, 4.69) is 26.7 Å². The van der Waals surface area contributed by atoms with E-state index >= 15 is 0 Å². The first-order chi connectivity index (χ1) is 26.6. The number of para-hydroxylation sites is 2. The third-order valence-corrected chi connectivity index (χ3v) is 8.66. The molecule has 0 aliphatic carbocycles. The van der Waals surface area contributed by atoms with E-state index in [1.165, 1.54) is 18.2 Å². The van der Waals surface area contributed by atoms with Crippen molar-refractivity contribution >= 4 is 40.0 Å². The van der Waals surface area contributed by atoms with E-state index in [0.717, 1.165) is 11.1 Å². The fraction of sp³-hybridized carbons (Fsp3) is 0.186. The number of anilines is 3. The number of hydrogen-bond donors (Lipinski definition) is 2. The monoisotopic (exact) mass is 736 g/mol. The number of nitriles is 1. The zero-order valence-electron chi connectivity index (χ0n) is 30.9. The number of ether oxygens (including phenoxy) is 4. The lowest BCUT2D eigenvalue weighted by Crippen LogP contribution is -2.47. The maximum atomic E-state index is 13.1. The first-order valence-corrected chi connectivity index (χ1v) is 17.5. The summed E-state index contributed by atoms with van der Waals surface area (Å²) in [7, 11) is 3.10. The molecule has 0 unspecified atom stereocenters. The molecule has 0 radical (unpaired) electrons. The number of carbonyl (C=O) groups excluding carboxylic acids is 2. The topological polar surface area (TPSA) is 148 Å². The van der Waals surface area contributed by atoms with Gasteiger partial charge in [-0.2, -0.15) is 5.26 Å². The van der Waals surface area contributed by atoms with Crippen LogP contribution in [0.4, 0.5) is 21.9 Å². The van der Waals surface area contributed by atoms with E-state index in [9.17, 15) is 14.9 Å². The minimum Gasteiger partial charge on any atom is -0.495 e. The standard InChI is InChI=1S/C43H40N6O6/c1-43(2,41(50)46-22-20-29-13-10-21-45-26-29)55-38-15-9-8-14-37(38)54-33-18-16-32(17-19-33)48-40-31(25-44)27-47-35-24-36(39(52-4)23-34(35)40)49(3)42(51)53-28-30-11-6-5-7-12-30/h5-19,21,23-24,26-27H,20,22,28H2,1-4H3,(H,46,50)(H,47,48). The van der Waals surface area contributed by atoms with E-state index in [1.807, 2.05) is 66.7 Å². The summed E-state index contributed by atoms with van der Waals surface area (Å²) in [5, 5.41) is 16.9. The Labute approximate surface area is 319 Å². The van der Waals surface area contributed by atoms with Crippen LogP contribution in [0, 0.1) is 11.3 Å². The predicted octanol–water partition coefficient (Wildman–Crippen LogP) is 8.34. The number of fused-ring (bicyclic) bond motifs is 1. The number of benzene rings is 4. The summed E-state index contributed by atoms with van der Waals surface area (Å²) in [6, 6.07) is 33.2. The van der Waals surface area contributed by atoms with E-state index in [0.29, 0.717) is 69.5 Å². The molecular weight excluding hydrogens is 697 g/mol. The molecule has 4 aromatic carbocycles. The third kappa shape index (κ3) is 9.27. The average Bonchev–Trinajstić information content (AvgIpc) is 3.21.